The van der Waals surface area contributed by atoms with E-state index in [0.29, 0.717) is 11.7 Å². The molecule has 0 aromatic heterocycles. The maximum Gasteiger partial charge on any atom is 0.115 e. The number of halogens is 1. The van der Waals surface area contributed by atoms with Crippen LogP contribution in [0.2, 0.25) is 0 Å². The minimum atomic E-state index is -1.12. The topological polar surface area (TPSA) is 17.1 Å². The Bertz CT molecular complexity index is 72.1. The van der Waals surface area contributed by atoms with Gasteiger partial charge < -0.3 is 0 Å². The van der Waals surface area contributed by atoms with E-state index in [9.17, 15) is 4.21 Å². The van der Waals surface area contributed by atoms with Crippen LogP contribution in [0.3, 0.4) is 0 Å². The summed E-state index contributed by atoms with van der Waals surface area (Å²) < 4.78 is 10.1. The van der Waals surface area contributed by atoms with Crippen molar-refractivity contribution < 1.29 is 4.21 Å². The number of rotatable bonds is 2. The van der Waals surface area contributed by atoms with Crippen LogP contribution in [0, 0.1) is 5.92 Å². The van der Waals surface area contributed by atoms with Crippen LogP contribution in [-0.4, -0.2) is 9.96 Å². The Hall–Kier alpha value is 0.440. The molecular weight excluding hydrogens is 132 g/mol. The van der Waals surface area contributed by atoms with Gasteiger partial charge in [0.15, 0.2) is 0 Å². The largest absolute Gasteiger partial charge is 0.243 e. The Kier molecular flexibility index (Phi) is 3.66. The maximum absolute atomic E-state index is 10.1. The van der Waals surface area contributed by atoms with Gasteiger partial charge in [0.05, 0.1) is 0 Å². The first-order valence-electron chi connectivity index (χ1n) is 2.17. The third-order valence-electron chi connectivity index (χ3n) is 0.464. The Balaban J connectivity index is 3.13. The molecule has 0 spiro atoms. The van der Waals surface area contributed by atoms with E-state index in [1.54, 1.807) is 0 Å². The summed E-state index contributed by atoms with van der Waals surface area (Å²) in [5.74, 6) is 1.04. The van der Waals surface area contributed by atoms with Crippen molar-refractivity contribution in [3.05, 3.63) is 0 Å². The molecule has 0 saturated heterocycles. The molecule has 0 bridgehead atoms. The fourth-order valence-corrected chi connectivity index (χ4v) is 1.54. The predicted octanol–water partition coefficient (Wildman–Crippen LogP) is 1.54. The first kappa shape index (κ1) is 7.44. The van der Waals surface area contributed by atoms with Gasteiger partial charge in [-0.3, -0.25) is 0 Å². The molecule has 0 N–H and O–H groups in total. The van der Waals surface area contributed by atoms with Crippen LogP contribution in [0.15, 0.2) is 0 Å². The van der Waals surface area contributed by atoms with Crippen LogP contribution in [0.1, 0.15) is 13.8 Å². The molecule has 0 amide bonds. The number of hydrogen-bond acceptors (Lipinski definition) is 1. The van der Waals surface area contributed by atoms with Gasteiger partial charge in [0.2, 0.25) is 0 Å². The fourth-order valence-electron chi connectivity index (χ4n) is 0.262. The van der Waals surface area contributed by atoms with E-state index in [-0.39, 0.29) is 0 Å². The molecule has 7 heavy (non-hydrogen) atoms. The SMILES string of the molecule is CC(C)CS(=O)Cl. The molecule has 44 valence electrons. The number of hydrogen-bond donors (Lipinski definition) is 0. The van der Waals surface area contributed by atoms with E-state index >= 15 is 0 Å². The Labute approximate surface area is 51.0 Å². The van der Waals surface area contributed by atoms with Gasteiger partial charge in [-0.2, -0.15) is 0 Å². The lowest BCUT2D eigenvalue weighted by molar-refractivity contribution is 0.674. The van der Waals surface area contributed by atoms with Crippen LogP contribution >= 0.6 is 10.7 Å². The van der Waals surface area contributed by atoms with E-state index in [0.717, 1.165) is 0 Å². The molecule has 0 radical (unpaired) electrons. The smallest absolute Gasteiger partial charge is 0.115 e. The highest BCUT2D eigenvalue weighted by Crippen LogP contribution is 1.97. The maximum atomic E-state index is 10.1. The van der Waals surface area contributed by atoms with Crippen LogP contribution in [0.25, 0.3) is 0 Å². The summed E-state index contributed by atoms with van der Waals surface area (Å²) in [5.41, 5.74) is 0. The summed E-state index contributed by atoms with van der Waals surface area (Å²) >= 11 is 0. The monoisotopic (exact) mass is 140 g/mol. The molecule has 0 aliphatic carbocycles. The van der Waals surface area contributed by atoms with Crippen molar-refractivity contribution in [3.8, 4) is 0 Å². The van der Waals surface area contributed by atoms with Gasteiger partial charge in [-0.25, -0.2) is 4.21 Å². The molecule has 0 aromatic carbocycles. The highest BCUT2D eigenvalue weighted by atomic mass is 35.7. The lowest BCUT2D eigenvalue weighted by atomic mass is 10.3. The van der Waals surface area contributed by atoms with Crippen molar-refractivity contribution in [3.63, 3.8) is 0 Å². The summed E-state index contributed by atoms with van der Waals surface area (Å²) in [7, 11) is 4.02. The van der Waals surface area contributed by atoms with Gasteiger partial charge >= 0.3 is 0 Å². The van der Waals surface area contributed by atoms with E-state index in [1.165, 1.54) is 0 Å². The third-order valence-corrected chi connectivity index (χ3v) is 1.77. The molecule has 1 atom stereocenters. The Morgan fingerprint density at radius 2 is 2.14 bits per heavy atom. The van der Waals surface area contributed by atoms with E-state index in [1.807, 2.05) is 13.8 Å². The average Bonchev–Trinajstić information content (AvgIpc) is 1.27. The summed E-state index contributed by atoms with van der Waals surface area (Å²) in [6.07, 6.45) is 0. The molecular formula is C4H9ClOS. The van der Waals surface area contributed by atoms with Gasteiger partial charge in [-0.15, -0.1) is 0 Å². The standard InChI is InChI=1S/C4H9ClOS/c1-4(2)3-7(5)6/h4H,3H2,1-2H3. The molecule has 0 aromatic rings. The van der Waals surface area contributed by atoms with Crippen molar-refractivity contribution >= 4 is 20.7 Å². The molecule has 0 aliphatic heterocycles. The lowest BCUT2D eigenvalue weighted by Crippen LogP contribution is -1.96. The van der Waals surface area contributed by atoms with E-state index in [4.69, 9.17) is 10.7 Å². The van der Waals surface area contributed by atoms with E-state index < -0.39 is 10.0 Å². The highest BCUT2D eigenvalue weighted by Gasteiger charge is 1.96. The minimum absolute atomic E-state index is 0.443. The second-order valence-electron chi connectivity index (χ2n) is 1.85. The molecule has 0 rings (SSSR count). The highest BCUT2D eigenvalue weighted by molar-refractivity contribution is 8.08. The van der Waals surface area contributed by atoms with Crippen molar-refractivity contribution in [2.45, 2.75) is 13.8 Å². The van der Waals surface area contributed by atoms with E-state index in [2.05, 4.69) is 0 Å². The third kappa shape index (κ3) is 6.44. The van der Waals surface area contributed by atoms with Crippen LogP contribution in [-0.2, 0) is 10.0 Å². The summed E-state index contributed by atoms with van der Waals surface area (Å²) in [5, 5.41) is 0. The Morgan fingerprint density at radius 1 is 1.71 bits per heavy atom. The lowest BCUT2D eigenvalue weighted by Gasteiger charge is -1.94. The first-order valence-corrected chi connectivity index (χ1v) is 4.32. The van der Waals surface area contributed by atoms with Gasteiger partial charge in [0.25, 0.3) is 0 Å². The molecule has 0 fully saturated rings. The molecule has 0 heterocycles. The predicted molar refractivity (Wildman–Crippen MR) is 33.7 cm³/mol. The molecule has 0 aliphatic rings. The van der Waals surface area contributed by atoms with Crippen molar-refractivity contribution in [2.24, 2.45) is 5.92 Å². The second-order valence-corrected chi connectivity index (χ2v) is 3.80. The van der Waals surface area contributed by atoms with Crippen molar-refractivity contribution in [1.82, 2.24) is 0 Å². The van der Waals surface area contributed by atoms with Gasteiger partial charge in [0, 0.05) is 5.75 Å². The first-order chi connectivity index (χ1) is 3.13. The van der Waals surface area contributed by atoms with Gasteiger partial charge in [0.1, 0.15) is 10.0 Å². The van der Waals surface area contributed by atoms with Gasteiger partial charge in [-0.1, -0.05) is 13.8 Å². The van der Waals surface area contributed by atoms with Crippen LogP contribution < -0.4 is 0 Å². The summed E-state index contributed by atoms with van der Waals surface area (Å²) in [6, 6.07) is 0. The minimum Gasteiger partial charge on any atom is -0.243 e. The average molecular weight is 141 g/mol. The summed E-state index contributed by atoms with van der Waals surface area (Å²) in [4.78, 5) is 0. The molecule has 3 heteroatoms. The second kappa shape index (κ2) is 3.44. The zero-order chi connectivity index (χ0) is 5.86. The quantitative estimate of drug-likeness (QED) is 0.532. The van der Waals surface area contributed by atoms with Crippen LogP contribution in [0.4, 0.5) is 0 Å². The molecule has 1 nitrogen and oxygen atoms in total. The molecule has 0 saturated carbocycles. The normalized spacial score (nSPS) is 14.9. The fraction of sp³-hybridized carbons (Fsp3) is 1.00. The van der Waals surface area contributed by atoms with Gasteiger partial charge in [-0.05, 0) is 16.6 Å². The zero-order valence-corrected chi connectivity index (χ0v) is 6.05. The Morgan fingerprint density at radius 3 is 2.14 bits per heavy atom. The molecule has 1 unspecified atom stereocenters. The van der Waals surface area contributed by atoms with Crippen LogP contribution in [0.5, 0.6) is 0 Å². The van der Waals surface area contributed by atoms with Crippen molar-refractivity contribution in [1.29, 1.82) is 0 Å². The van der Waals surface area contributed by atoms with Crippen molar-refractivity contribution in [2.75, 3.05) is 5.75 Å². The summed E-state index contributed by atoms with van der Waals surface area (Å²) in [6.45, 7) is 3.97. The zero-order valence-electron chi connectivity index (χ0n) is 4.48.